The molecule has 2 aromatic carbocycles. The number of fused-ring (bicyclic) bond motifs is 2. The summed E-state index contributed by atoms with van der Waals surface area (Å²) in [5.41, 5.74) is 0.215. The van der Waals surface area contributed by atoms with Crippen LogP contribution in [0.3, 0.4) is 0 Å². The Morgan fingerprint density at radius 3 is 1.36 bits per heavy atom. The van der Waals surface area contributed by atoms with Crippen molar-refractivity contribution in [3.8, 4) is 11.5 Å². The zero-order valence-electron chi connectivity index (χ0n) is 12.6. The van der Waals surface area contributed by atoms with E-state index in [0.29, 0.717) is 0 Å². The Kier molecular flexibility index (Phi) is 2.92. The van der Waals surface area contributed by atoms with Gasteiger partial charge in [-0.1, -0.05) is 0 Å². The first kappa shape index (κ1) is 14.9. The van der Waals surface area contributed by atoms with E-state index in [1.165, 1.54) is 24.3 Å². The third kappa shape index (κ3) is 2.01. The van der Waals surface area contributed by atoms with E-state index >= 15 is 0 Å². The van der Waals surface area contributed by atoms with Gasteiger partial charge in [0, 0.05) is 0 Å². The van der Waals surface area contributed by atoms with Crippen LogP contribution in [0, 0.1) is 0 Å². The van der Waals surface area contributed by atoms with Crippen molar-refractivity contribution < 1.29 is 29.4 Å². The number of phenolic OH excluding ortho intramolecular Hbond substituents is 2. The highest BCUT2D eigenvalue weighted by molar-refractivity contribution is 6.24. The van der Waals surface area contributed by atoms with E-state index in [2.05, 4.69) is 0 Å². The molecule has 0 atom stereocenters. The largest absolute Gasteiger partial charge is 0.508 e. The standard InChI is InChI=1S/C17H10N2O6/c20-8-1-3-10-12(5-8)16(24)18(14(10)22)7-19-15(23)11-4-2-9(21)6-13(11)17(19)25/h1-6,20-21H,7H2. The molecule has 8 nitrogen and oxygen atoms in total. The van der Waals surface area contributed by atoms with Crippen LogP contribution in [0.2, 0.25) is 0 Å². The van der Waals surface area contributed by atoms with Gasteiger partial charge in [0.25, 0.3) is 23.6 Å². The van der Waals surface area contributed by atoms with E-state index in [4.69, 9.17) is 0 Å². The van der Waals surface area contributed by atoms with Gasteiger partial charge in [-0.25, -0.2) is 0 Å². The first-order valence-electron chi connectivity index (χ1n) is 7.27. The molecule has 8 heteroatoms. The maximum atomic E-state index is 12.4. The number of carbonyl (C=O) groups excluding carboxylic acids is 4. The van der Waals surface area contributed by atoms with Crippen molar-refractivity contribution >= 4 is 23.6 Å². The molecule has 0 bridgehead atoms. The summed E-state index contributed by atoms with van der Waals surface area (Å²) in [6.07, 6.45) is 0. The van der Waals surface area contributed by atoms with Gasteiger partial charge in [-0.3, -0.25) is 29.0 Å². The normalized spacial score (nSPS) is 15.8. The van der Waals surface area contributed by atoms with Gasteiger partial charge in [0.1, 0.15) is 18.2 Å². The summed E-state index contributed by atoms with van der Waals surface area (Å²) >= 11 is 0. The third-order valence-corrected chi connectivity index (χ3v) is 4.19. The molecule has 124 valence electrons. The fraction of sp³-hybridized carbons (Fsp3) is 0.0588. The molecule has 2 heterocycles. The molecule has 0 spiro atoms. The number of benzene rings is 2. The Morgan fingerprint density at radius 1 is 0.600 bits per heavy atom. The van der Waals surface area contributed by atoms with E-state index in [0.717, 1.165) is 21.9 Å². The highest BCUT2D eigenvalue weighted by Gasteiger charge is 2.42. The van der Waals surface area contributed by atoms with Gasteiger partial charge in [-0.15, -0.1) is 0 Å². The summed E-state index contributed by atoms with van der Waals surface area (Å²) in [4.78, 5) is 51.1. The van der Waals surface area contributed by atoms with E-state index in [1.807, 2.05) is 0 Å². The maximum Gasteiger partial charge on any atom is 0.263 e. The van der Waals surface area contributed by atoms with Crippen molar-refractivity contribution in [3.05, 3.63) is 58.7 Å². The van der Waals surface area contributed by atoms with Crippen LogP contribution in [-0.2, 0) is 0 Å². The Balaban J connectivity index is 1.66. The van der Waals surface area contributed by atoms with Crippen molar-refractivity contribution in [2.24, 2.45) is 0 Å². The highest BCUT2D eigenvalue weighted by Crippen LogP contribution is 2.30. The summed E-state index contributed by atoms with van der Waals surface area (Å²) in [5, 5.41) is 19.0. The Labute approximate surface area is 140 Å². The number of amides is 4. The second-order valence-electron chi connectivity index (χ2n) is 5.68. The van der Waals surface area contributed by atoms with Gasteiger partial charge in [-0.2, -0.15) is 0 Å². The summed E-state index contributed by atoms with van der Waals surface area (Å²) in [7, 11) is 0. The average molecular weight is 338 g/mol. The van der Waals surface area contributed by atoms with Crippen LogP contribution in [0.15, 0.2) is 36.4 Å². The van der Waals surface area contributed by atoms with Crippen LogP contribution in [0.5, 0.6) is 11.5 Å². The van der Waals surface area contributed by atoms with Crippen molar-refractivity contribution in [2.45, 2.75) is 0 Å². The molecule has 2 aliphatic rings. The number of carbonyl (C=O) groups is 4. The van der Waals surface area contributed by atoms with Crippen molar-refractivity contribution in [2.75, 3.05) is 6.67 Å². The van der Waals surface area contributed by atoms with Crippen molar-refractivity contribution in [1.29, 1.82) is 0 Å². The smallest absolute Gasteiger partial charge is 0.263 e. The lowest BCUT2D eigenvalue weighted by atomic mass is 10.1. The first-order valence-corrected chi connectivity index (χ1v) is 7.27. The molecule has 2 aliphatic heterocycles. The molecule has 2 N–H and O–H groups in total. The maximum absolute atomic E-state index is 12.4. The summed E-state index contributed by atoms with van der Waals surface area (Å²) in [6.45, 7) is -0.541. The lowest BCUT2D eigenvalue weighted by Gasteiger charge is -2.20. The van der Waals surface area contributed by atoms with E-state index < -0.39 is 30.3 Å². The van der Waals surface area contributed by atoms with Gasteiger partial charge in [0.05, 0.1) is 22.3 Å². The fourth-order valence-corrected chi connectivity index (χ4v) is 2.96. The average Bonchev–Trinajstić information content (AvgIpc) is 2.95. The minimum absolute atomic E-state index is 0.0132. The Hall–Kier alpha value is -3.68. The Morgan fingerprint density at radius 2 is 0.960 bits per heavy atom. The topological polar surface area (TPSA) is 115 Å². The van der Waals surface area contributed by atoms with E-state index in [-0.39, 0.29) is 33.8 Å². The molecule has 4 amide bonds. The molecule has 0 saturated heterocycles. The molecule has 0 fully saturated rings. The molecule has 25 heavy (non-hydrogen) atoms. The van der Waals surface area contributed by atoms with Gasteiger partial charge < -0.3 is 10.2 Å². The summed E-state index contributed by atoms with van der Waals surface area (Å²) in [5.74, 6) is -3.04. The number of aromatic hydroxyl groups is 2. The molecule has 0 aliphatic carbocycles. The van der Waals surface area contributed by atoms with Crippen LogP contribution in [-0.4, -0.2) is 50.3 Å². The zero-order chi connectivity index (χ0) is 17.9. The van der Waals surface area contributed by atoms with Gasteiger partial charge in [-0.05, 0) is 36.4 Å². The minimum Gasteiger partial charge on any atom is -0.508 e. The second kappa shape index (κ2) is 4.91. The number of nitrogens with zero attached hydrogens (tertiary/aromatic N) is 2. The van der Waals surface area contributed by atoms with E-state index in [1.54, 1.807) is 0 Å². The van der Waals surface area contributed by atoms with E-state index in [9.17, 15) is 29.4 Å². The van der Waals surface area contributed by atoms with Crippen LogP contribution in [0.1, 0.15) is 41.4 Å². The minimum atomic E-state index is -0.699. The molecule has 2 aromatic rings. The molecule has 0 aromatic heterocycles. The van der Waals surface area contributed by atoms with Gasteiger partial charge in [0.2, 0.25) is 0 Å². The molecule has 4 rings (SSSR count). The summed E-state index contributed by atoms with van der Waals surface area (Å²) in [6, 6.07) is 7.50. The predicted molar refractivity (Wildman–Crippen MR) is 82.1 cm³/mol. The fourth-order valence-electron chi connectivity index (χ4n) is 2.96. The molecular weight excluding hydrogens is 328 g/mol. The lowest BCUT2D eigenvalue weighted by Crippen LogP contribution is -2.43. The number of phenols is 2. The van der Waals surface area contributed by atoms with Gasteiger partial charge in [0.15, 0.2) is 0 Å². The SMILES string of the molecule is O=C1c2ccc(O)cc2C(=O)N1CN1C(=O)c2ccc(O)cc2C1=O. The quantitative estimate of drug-likeness (QED) is 0.788. The monoisotopic (exact) mass is 338 g/mol. The predicted octanol–water partition coefficient (Wildman–Crippen LogP) is 0.948. The molecule has 0 radical (unpaired) electrons. The van der Waals surface area contributed by atoms with Gasteiger partial charge >= 0.3 is 0 Å². The Bertz CT molecular complexity index is 917. The molecule has 0 saturated carbocycles. The van der Waals surface area contributed by atoms with Crippen LogP contribution < -0.4 is 0 Å². The number of rotatable bonds is 2. The number of hydrogen-bond donors (Lipinski definition) is 2. The van der Waals surface area contributed by atoms with Crippen molar-refractivity contribution in [3.63, 3.8) is 0 Å². The lowest BCUT2D eigenvalue weighted by molar-refractivity contribution is 0.0471. The van der Waals surface area contributed by atoms with Crippen LogP contribution >= 0.6 is 0 Å². The zero-order valence-corrected chi connectivity index (χ0v) is 12.6. The van der Waals surface area contributed by atoms with Crippen LogP contribution in [0.4, 0.5) is 0 Å². The van der Waals surface area contributed by atoms with Crippen LogP contribution in [0.25, 0.3) is 0 Å². The molecule has 0 unspecified atom stereocenters. The first-order chi connectivity index (χ1) is 11.9. The number of hydrogen-bond acceptors (Lipinski definition) is 6. The number of imide groups is 2. The second-order valence-corrected chi connectivity index (χ2v) is 5.68. The van der Waals surface area contributed by atoms with Crippen molar-refractivity contribution in [1.82, 2.24) is 9.80 Å². The highest BCUT2D eigenvalue weighted by atomic mass is 16.3. The summed E-state index contributed by atoms with van der Waals surface area (Å²) < 4.78 is 0. The molecular formula is C17H10N2O6. The third-order valence-electron chi connectivity index (χ3n) is 4.19.